The summed E-state index contributed by atoms with van der Waals surface area (Å²) in [6.07, 6.45) is 1.70. The Morgan fingerprint density at radius 3 is 3.00 bits per heavy atom. The van der Waals surface area contributed by atoms with Crippen molar-refractivity contribution in [3.63, 3.8) is 0 Å². The summed E-state index contributed by atoms with van der Waals surface area (Å²) in [6.45, 7) is 4.95. The van der Waals surface area contributed by atoms with Crippen LogP contribution in [0.5, 0.6) is 0 Å². The molecule has 0 saturated carbocycles. The standard InChI is InChI=1S/C10H13N5OS/c1-7(2)4-15-10(11-6-12-15)3-9(16)8-5-17-14-13-8/h5-7H,3-4H2,1-2H3. The van der Waals surface area contributed by atoms with Gasteiger partial charge in [0, 0.05) is 11.9 Å². The molecule has 0 saturated heterocycles. The molecule has 0 unspecified atom stereocenters. The van der Waals surface area contributed by atoms with Crippen molar-refractivity contribution in [1.82, 2.24) is 24.4 Å². The van der Waals surface area contributed by atoms with E-state index >= 15 is 0 Å². The molecule has 0 aromatic carbocycles. The lowest BCUT2D eigenvalue weighted by atomic mass is 10.2. The van der Waals surface area contributed by atoms with Crippen LogP contribution in [-0.4, -0.2) is 30.1 Å². The van der Waals surface area contributed by atoms with Gasteiger partial charge >= 0.3 is 0 Å². The first-order valence-electron chi connectivity index (χ1n) is 5.33. The predicted octanol–water partition coefficient (Wildman–Crippen LogP) is 1.21. The van der Waals surface area contributed by atoms with E-state index in [0.29, 0.717) is 17.4 Å². The maximum absolute atomic E-state index is 11.8. The Kier molecular flexibility index (Phi) is 3.58. The molecule has 0 bridgehead atoms. The lowest BCUT2D eigenvalue weighted by Crippen LogP contribution is -2.14. The van der Waals surface area contributed by atoms with Crippen molar-refractivity contribution in [2.75, 3.05) is 0 Å². The molecule has 17 heavy (non-hydrogen) atoms. The molecule has 2 aromatic rings. The average Bonchev–Trinajstić information content (AvgIpc) is 2.89. The van der Waals surface area contributed by atoms with Crippen molar-refractivity contribution >= 4 is 17.3 Å². The van der Waals surface area contributed by atoms with Crippen molar-refractivity contribution in [2.24, 2.45) is 5.92 Å². The largest absolute Gasteiger partial charge is 0.292 e. The molecule has 90 valence electrons. The Hall–Kier alpha value is -1.63. The van der Waals surface area contributed by atoms with Gasteiger partial charge in [0.15, 0.2) is 5.78 Å². The third-order valence-electron chi connectivity index (χ3n) is 2.20. The van der Waals surface area contributed by atoms with Crippen molar-refractivity contribution in [3.8, 4) is 0 Å². The highest BCUT2D eigenvalue weighted by atomic mass is 32.1. The first-order chi connectivity index (χ1) is 8.16. The number of nitrogens with zero attached hydrogens (tertiary/aromatic N) is 5. The number of hydrogen-bond donors (Lipinski definition) is 0. The van der Waals surface area contributed by atoms with E-state index in [1.54, 1.807) is 10.1 Å². The minimum atomic E-state index is -0.0724. The monoisotopic (exact) mass is 251 g/mol. The molecule has 2 rings (SSSR count). The molecule has 0 aliphatic carbocycles. The van der Waals surface area contributed by atoms with Gasteiger partial charge in [-0.1, -0.05) is 18.3 Å². The van der Waals surface area contributed by atoms with E-state index in [9.17, 15) is 4.79 Å². The molecule has 0 aliphatic rings. The van der Waals surface area contributed by atoms with Gasteiger partial charge in [0.25, 0.3) is 0 Å². The third-order valence-corrected chi connectivity index (χ3v) is 2.70. The average molecular weight is 251 g/mol. The van der Waals surface area contributed by atoms with Crippen molar-refractivity contribution in [2.45, 2.75) is 26.8 Å². The van der Waals surface area contributed by atoms with Crippen LogP contribution >= 0.6 is 11.5 Å². The van der Waals surface area contributed by atoms with Gasteiger partial charge in [-0.25, -0.2) is 9.67 Å². The van der Waals surface area contributed by atoms with Crippen LogP contribution in [-0.2, 0) is 13.0 Å². The number of ketones is 1. The second-order valence-corrected chi connectivity index (χ2v) is 4.75. The molecule has 0 aliphatic heterocycles. The predicted molar refractivity (Wildman–Crippen MR) is 62.8 cm³/mol. The van der Waals surface area contributed by atoms with Gasteiger partial charge in [0.05, 0.1) is 6.42 Å². The fraction of sp³-hybridized carbons (Fsp3) is 0.500. The van der Waals surface area contributed by atoms with E-state index in [0.717, 1.165) is 6.54 Å². The fourth-order valence-corrected chi connectivity index (χ4v) is 1.90. The van der Waals surface area contributed by atoms with E-state index in [1.165, 1.54) is 17.9 Å². The second kappa shape index (κ2) is 5.13. The highest BCUT2D eigenvalue weighted by Crippen LogP contribution is 2.06. The Labute approximate surface area is 103 Å². The van der Waals surface area contributed by atoms with Gasteiger partial charge in [-0.05, 0) is 17.5 Å². The van der Waals surface area contributed by atoms with Crippen LogP contribution in [0.2, 0.25) is 0 Å². The van der Waals surface area contributed by atoms with Crippen LogP contribution in [0.4, 0.5) is 0 Å². The number of aromatic nitrogens is 5. The number of carbonyl (C=O) groups is 1. The molecular formula is C10H13N5OS. The zero-order valence-corrected chi connectivity index (χ0v) is 10.5. The summed E-state index contributed by atoms with van der Waals surface area (Å²) in [5, 5.41) is 9.50. The smallest absolute Gasteiger partial charge is 0.191 e. The Morgan fingerprint density at radius 2 is 2.35 bits per heavy atom. The third kappa shape index (κ3) is 2.94. The lowest BCUT2D eigenvalue weighted by molar-refractivity contribution is 0.0984. The van der Waals surface area contributed by atoms with E-state index in [2.05, 4.69) is 33.5 Å². The molecule has 6 nitrogen and oxygen atoms in total. The van der Waals surface area contributed by atoms with Gasteiger partial charge in [0.2, 0.25) is 0 Å². The minimum absolute atomic E-state index is 0.0724. The maximum atomic E-state index is 11.8. The van der Waals surface area contributed by atoms with Gasteiger partial charge in [-0.3, -0.25) is 4.79 Å². The minimum Gasteiger partial charge on any atom is -0.292 e. The van der Waals surface area contributed by atoms with E-state index in [1.807, 2.05) is 0 Å². The van der Waals surface area contributed by atoms with Crippen LogP contribution in [0.3, 0.4) is 0 Å². The molecule has 0 spiro atoms. The molecule has 7 heteroatoms. The molecule has 0 fully saturated rings. The number of rotatable bonds is 5. The maximum Gasteiger partial charge on any atom is 0.191 e. The quantitative estimate of drug-likeness (QED) is 0.747. The summed E-state index contributed by atoms with van der Waals surface area (Å²) in [5.41, 5.74) is 0.397. The van der Waals surface area contributed by atoms with E-state index < -0.39 is 0 Å². The van der Waals surface area contributed by atoms with Crippen molar-refractivity contribution in [1.29, 1.82) is 0 Å². The summed E-state index contributed by atoms with van der Waals surface area (Å²) in [5.74, 6) is 1.07. The molecule has 0 radical (unpaired) electrons. The highest BCUT2D eigenvalue weighted by molar-refractivity contribution is 7.03. The van der Waals surface area contributed by atoms with E-state index in [4.69, 9.17) is 0 Å². The van der Waals surface area contributed by atoms with Crippen LogP contribution in [0, 0.1) is 5.92 Å². The van der Waals surface area contributed by atoms with Gasteiger partial charge in [-0.2, -0.15) is 5.10 Å². The molecule has 0 N–H and O–H groups in total. The zero-order chi connectivity index (χ0) is 12.3. The van der Waals surface area contributed by atoms with E-state index in [-0.39, 0.29) is 12.2 Å². The fourth-order valence-electron chi connectivity index (χ4n) is 1.44. The summed E-state index contributed by atoms with van der Waals surface area (Å²) in [7, 11) is 0. The second-order valence-electron chi connectivity index (χ2n) is 4.14. The zero-order valence-electron chi connectivity index (χ0n) is 9.70. The summed E-state index contributed by atoms with van der Waals surface area (Å²) >= 11 is 1.17. The first-order valence-corrected chi connectivity index (χ1v) is 6.17. The normalized spacial score (nSPS) is 11.0. The lowest BCUT2D eigenvalue weighted by Gasteiger charge is -2.07. The van der Waals surface area contributed by atoms with Crippen LogP contribution < -0.4 is 0 Å². The Bertz CT molecular complexity index is 491. The van der Waals surface area contributed by atoms with Crippen LogP contribution in [0.15, 0.2) is 11.7 Å². The van der Waals surface area contributed by atoms with Gasteiger partial charge in [0.1, 0.15) is 17.8 Å². The molecule has 2 aromatic heterocycles. The number of carbonyl (C=O) groups excluding carboxylic acids is 1. The molecule has 0 amide bonds. The molecule has 2 heterocycles. The number of Topliss-reactive ketones (excluding diaryl/α,β-unsaturated/α-hetero) is 1. The topological polar surface area (TPSA) is 73.6 Å². The molecule has 0 atom stereocenters. The van der Waals surface area contributed by atoms with Crippen molar-refractivity contribution in [3.05, 3.63) is 23.2 Å². The summed E-state index contributed by atoms with van der Waals surface area (Å²) in [6, 6.07) is 0. The highest BCUT2D eigenvalue weighted by Gasteiger charge is 2.14. The van der Waals surface area contributed by atoms with Crippen LogP contribution in [0.25, 0.3) is 0 Å². The molecular weight excluding hydrogens is 238 g/mol. The van der Waals surface area contributed by atoms with Gasteiger partial charge in [-0.15, -0.1) is 5.10 Å². The SMILES string of the molecule is CC(C)Cn1ncnc1CC(=O)c1csnn1. The first kappa shape index (κ1) is 11.8. The number of hydrogen-bond acceptors (Lipinski definition) is 6. The summed E-state index contributed by atoms with van der Waals surface area (Å²) in [4.78, 5) is 15.9. The Balaban J connectivity index is 2.08. The van der Waals surface area contributed by atoms with Crippen LogP contribution in [0.1, 0.15) is 30.2 Å². The Morgan fingerprint density at radius 1 is 1.53 bits per heavy atom. The van der Waals surface area contributed by atoms with Gasteiger partial charge < -0.3 is 0 Å². The van der Waals surface area contributed by atoms with Crippen molar-refractivity contribution < 1.29 is 4.79 Å². The summed E-state index contributed by atoms with van der Waals surface area (Å²) < 4.78 is 5.44.